The van der Waals surface area contributed by atoms with Crippen molar-refractivity contribution in [2.45, 2.75) is 12.4 Å². The van der Waals surface area contributed by atoms with E-state index < -0.39 is 40.7 Å². The van der Waals surface area contributed by atoms with Crippen LogP contribution in [0.2, 0.25) is 0 Å². The normalized spacial score (nSPS) is 12.4. The molecule has 0 aromatic heterocycles. The number of esters is 1. The summed E-state index contributed by atoms with van der Waals surface area (Å²) in [6.45, 7) is 0. The minimum atomic E-state index is -5.40. The van der Waals surface area contributed by atoms with Crippen LogP contribution in [0.25, 0.3) is 0 Å². The van der Waals surface area contributed by atoms with Crippen LogP contribution in [-0.2, 0) is 17.1 Å². The first kappa shape index (κ1) is 15.1. The number of carbonyl (C=O) groups is 1. The summed E-state index contributed by atoms with van der Waals surface area (Å²) in [5.74, 6) is -1.53. The minimum absolute atomic E-state index is 0.541. The van der Waals surface area contributed by atoms with Gasteiger partial charge in [0.05, 0.1) is 23.8 Å². The Hall–Kier alpha value is -1.93. The van der Waals surface area contributed by atoms with Gasteiger partial charge in [0.2, 0.25) is 0 Å². The second kappa shape index (κ2) is 4.63. The van der Waals surface area contributed by atoms with Crippen molar-refractivity contribution in [3.05, 3.63) is 28.8 Å². The van der Waals surface area contributed by atoms with Gasteiger partial charge in [0.1, 0.15) is 0 Å². The van der Waals surface area contributed by atoms with Crippen molar-refractivity contribution in [1.29, 1.82) is 0 Å². The highest BCUT2D eigenvalue weighted by Gasteiger charge is 2.47. The number of halogens is 6. The van der Waals surface area contributed by atoms with Gasteiger partial charge in [0.15, 0.2) is 0 Å². The average Bonchev–Trinajstić information content (AvgIpc) is 2.24. The molecule has 1 rings (SSSR count). The van der Waals surface area contributed by atoms with Crippen LogP contribution in [-0.4, -0.2) is 13.1 Å². The Morgan fingerprint density at radius 2 is 1.53 bits per heavy atom. The van der Waals surface area contributed by atoms with E-state index in [0.29, 0.717) is 12.1 Å². The third kappa shape index (κ3) is 2.91. The Labute approximate surface area is 102 Å². The molecule has 0 unspecified atom stereocenters. The van der Waals surface area contributed by atoms with Crippen molar-refractivity contribution in [2.24, 2.45) is 0 Å². The number of alkyl halides is 6. The molecular formula is C10H7F6NO2. The second-order valence-corrected chi connectivity index (χ2v) is 3.44. The van der Waals surface area contributed by atoms with Crippen molar-refractivity contribution in [3.63, 3.8) is 0 Å². The molecule has 0 saturated heterocycles. The maximum atomic E-state index is 12.8. The number of rotatable bonds is 1. The van der Waals surface area contributed by atoms with Gasteiger partial charge in [-0.3, -0.25) is 0 Å². The molecule has 0 amide bonds. The highest BCUT2D eigenvalue weighted by atomic mass is 19.4. The third-order valence-corrected chi connectivity index (χ3v) is 2.21. The number of hydrogen-bond donors (Lipinski definition) is 1. The number of benzene rings is 1. The van der Waals surface area contributed by atoms with Gasteiger partial charge in [0.25, 0.3) is 0 Å². The molecule has 1 aromatic carbocycles. The van der Waals surface area contributed by atoms with Gasteiger partial charge in [-0.15, -0.1) is 0 Å². The lowest BCUT2D eigenvalue weighted by Gasteiger charge is -2.19. The fourth-order valence-corrected chi connectivity index (χ4v) is 1.50. The van der Waals surface area contributed by atoms with E-state index in [1.54, 1.807) is 0 Å². The maximum Gasteiger partial charge on any atom is 0.419 e. The highest BCUT2D eigenvalue weighted by Crippen LogP contribution is 2.44. The van der Waals surface area contributed by atoms with Crippen LogP contribution in [0.15, 0.2) is 12.1 Å². The summed E-state index contributed by atoms with van der Waals surface area (Å²) in [5.41, 5.74) is -1.66. The molecule has 0 atom stereocenters. The van der Waals surface area contributed by atoms with Gasteiger partial charge < -0.3 is 10.5 Å². The van der Waals surface area contributed by atoms with Crippen molar-refractivity contribution >= 4 is 11.7 Å². The summed E-state index contributed by atoms with van der Waals surface area (Å²) in [5, 5.41) is 0. The fourth-order valence-electron chi connectivity index (χ4n) is 1.50. The molecule has 0 aliphatic carbocycles. The van der Waals surface area contributed by atoms with Crippen LogP contribution < -0.4 is 5.73 Å². The van der Waals surface area contributed by atoms with E-state index in [1.807, 2.05) is 0 Å². The number of methoxy groups -OCH3 is 1. The van der Waals surface area contributed by atoms with E-state index in [-0.39, 0.29) is 0 Å². The Bertz CT molecular complexity index is 506. The van der Waals surface area contributed by atoms with E-state index in [0.717, 1.165) is 7.11 Å². The Morgan fingerprint density at radius 1 is 1.05 bits per heavy atom. The molecule has 0 radical (unpaired) electrons. The Kier molecular flexibility index (Phi) is 3.69. The largest absolute Gasteiger partial charge is 0.465 e. The van der Waals surface area contributed by atoms with Crippen LogP contribution in [0.4, 0.5) is 32.0 Å². The second-order valence-electron chi connectivity index (χ2n) is 3.44. The number of carbonyl (C=O) groups excluding carboxylic acids is 1. The van der Waals surface area contributed by atoms with Crippen LogP contribution in [0.5, 0.6) is 0 Å². The molecule has 0 aliphatic rings. The van der Waals surface area contributed by atoms with Gasteiger partial charge in [-0.25, -0.2) is 4.79 Å². The first-order chi connectivity index (χ1) is 8.50. The van der Waals surface area contributed by atoms with E-state index >= 15 is 0 Å². The Balaban J connectivity index is 3.76. The molecule has 19 heavy (non-hydrogen) atoms. The van der Waals surface area contributed by atoms with Crippen LogP contribution in [0.3, 0.4) is 0 Å². The molecule has 0 bridgehead atoms. The van der Waals surface area contributed by atoms with Crippen molar-refractivity contribution < 1.29 is 35.9 Å². The van der Waals surface area contributed by atoms with E-state index in [2.05, 4.69) is 4.74 Å². The lowest BCUT2D eigenvalue weighted by atomic mass is 9.98. The summed E-state index contributed by atoms with van der Waals surface area (Å²) in [7, 11) is 0.756. The molecule has 0 heterocycles. The van der Waals surface area contributed by atoms with Crippen LogP contribution in [0, 0.1) is 0 Å². The average molecular weight is 287 g/mol. The molecule has 0 spiro atoms. The zero-order valence-electron chi connectivity index (χ0n) is 9.32. The maximum absolute atomic E-state index is 12.8. The van der Waals surface area contributed by atoms with Gasteiger partial charge >= 0.3 is 18.3 Å². The molecule has 1 aromatic rings. The predicted molar refractivity (Wildman–Crippen MR) is 52.2 cm³/mol. The number of anilines is 1. The quantitative estimate of drug-likeness (QED) is 0.490. The zero-order valence-corrected chi connectivity index (χ0v) is 9.32. The Morgan fingerprint density at radius 3 is 1.89 bits per heavy atom. The van der Waals surface area contributed by atoms with Crippen molar-refractivity contribution in [1.82, 2.24) is 0 Å². The van der Waals surface area contributed by atoms with E-state index in [4.69, 9.17) is 5.73 Å². The number of nitrogen functional groups attached to an aromatic ring is 1. The summed E-state index contributed by atoms with van der Waals surface area (Å²) in [6, 6.07) is 1.11. The minimum Gasteiger partial charge on any atom is -0.465 e. The highest BCUT2D eigenvalue weighted by molar-refractivity contribution is 5.92. The lowest BCUT2D eigenvalue weighted by molar-refractivity contribution is -0.161. The predicted octanol–water partition coefficient (Wildman–Crippen LogP) is 3.09. The van der Waals surface area contributed by atoms with Gasteiger partial charge in [-0.2, -0.15) is 26.3 Å². The first-order valence-corrected chi connectivity index (χ1v) is 4.65. The smallest absolute Gasteiger partial charge is 0.419 e. The fraction of sp³-hybridized carbons (Fsp3) is 0.300. The summed E-state index contributed by atoms with van der Waals surface area (Å²) in [6.07, 6.45) is -10.7. The summed E-state index contributed by atoms with van der Waals surface area (Å²) >= 11 is 0. The number of nitrogens with two attached hydrogens (primary N) is 1. The molecule has 106 valence electrons. The number of hydrogen-bond acceptors (Lipinski definition) is 3. The molecule has 0 aliphatic heterocycles. The molecule has 9 heteroatoms. The first-order valence-electron chi connectivity index (χ1n) is 4.65. The molecule has 2 N–H and O–H groups in total. The summed E-state index contributed by atoms with van der Waals surface area (Å²) < 4.78 is 80.3. The van der Waals surface area contributed by atoms with E-state index in [9.17, 15) is 31.1 Å². The number of ether oxygens (including phenoxy) is 1. The van der Waals surface area contributed by atoms with Crippen molar-refractivity contribution in [3.8, 4) is 0 Å². The zero-order chi connectivity index (χ0) is 15.0. The molecule has 0 fully saturated rings. The molecule has 0 saturated carbocycles. The lowest BCUT2D eigenvalue weighted by Crippen LogP contribution is -2.23. The molecule has 3 nitrogen and oxygen atoms in total. The van der Waals surface area contributed by atoms with Gasteiger partial charge in [0, 0.05) is 5.69 Å². The molecular weight excluding hydrogens is 280 g/mol. The summed E-state index contributed by atoms with van der Waals surface area (Å²) in [4.78, 5) is 11.1. The van der Waals surface area contributed by atoms with Gasteiger partial charge in [-0.05, 0) is 12.1 Å². The van der Waals surface area contributed by atoms with Crippen molar-refractivity contribution in [2.75, 3.05) is 12.8 Å². The monoisotopic (exact) mass is 287 g/mol. The topological polar surface area (TPSA) is 52.3 Å². The van der Waals surface area contributed by atoms with Crippen LogP contribution >= 0.6 is 0 Å². The SMILES string of the molecule is COC(=O)c1ccc(N)c(C(F)(F)F)c1C(F)(F)F. The standard InChI is InChI=1S/C10H7F6NO2/c1-19-8(18)4-2-3-5(17)7(10(14,15)16)6(4)9(11,12)13/h2-3H,17H2,1H3. The van der Waals surface area contributed by atoms with Gasteiger partial charge in [-0.1, -0.05) is 0 Å². The van der Waals surface area contributed by atoms with E-state index in [1.165, 1.54) is 0 Å². The van der Waals surface area contributed by atoms with Crippen LogP contribution in [0.1, 0.15) is 21.5 Å². The third-order valence-electron chi connectivity index (χ3n) is 2.21.